The van der Waals surface area contributed by atoms with E-state index < -0.39 is 4.92 Å². The molecule has 112 valence electrons. The molecule has 0 atom stereocenters. The molecule has 0 saturated heterocycles. The van der Waals surface area contributed by atoms with E-state index in [0.29, 0.717) is 12.3 Å². The number of benzene rings is 2. The lowest BCUT2D eigenvalue weighted by molar-refractivity contribution is -0.384. The van der Waals surface area contributed by atoms with E-state index in [4.69, 9.17) is 5.41 Å². The Morgan fingerprint density at radius 1 is 1.23 bits per heavy atom. The topological polar surface area (TPSA) is 92.1 Å². The van der Waals surface area contributed by atoms with Crippen LogP contribution in [0.15, 0.2) is 36.4 Å². The van der Waals surface area contributed by atoms with Gasteiger partial charge in [0.2, 0.25) is 0 Å². The van der Waals surface area contributed by atoms with E-state index in [1.54, 1.807) is 19.1 Å². The van der Waals surface area contributed by atoms with Gasteiger partial charge in [-0.3, -0.25) is 10.1 Å². The summed E-state index contributed by atoms with van der Waals surface area (Å²) in [6.07, 6.45) is 0. The van der Waals surface area contributed by atoms with Crippen LogP contribution in [0.4, 0.5) is 5.69 Å². The Morgan fingerprint density at radius 2 is 1.86 bits per heavy atom. The van der Waals surface area contributed by atoms with E-state index in [1.807, 2.05) is 22.8 Å². The van der Waals surface area contributed by atoms with Gasteiger partial charge < -0.3 is 15.1 Å². The minimum Gasteiger partial charge on any atom is -0.395 e. The number of fused-ring (bicyclic) bond motifs is 3. The number of nitrogens with zero attached hydrogens (tertiary/aromatic N) is 2. The molecule has 0 spiro atoms. The highest BCUT2D eigenvalue weighted by Crippen LogP contribution is 2.32. The van der Waals surface area contributed by atoms with E-state index in [9.17, 15) is 15.2 Å². The summed E-state index contributed by atoms with van der Waals surface area (Å²) in [5, 5.41) is 29.7. The summed E-state index contributed by atoms with van der Waals surface area (Å²) in [4.78, 5) is 10.6. The zero-order chi connectivity index (χ0) is 15.9. The quantitative estimate of drug-likeness (QED) is 0.440. The lowest BCUT2D eigenvalue weighted by atomic mass is 10.1. The molecule has 0 radical (unpaired) electrons. The highest BCUT2D eigenvalue weighted by atomic mass is 16.6. The van der Waals surface area contributed by atoms with E-state index in [0.717, 1.165) is 27.4 Å². The Bertz CT molecular complexity index is 841. The van der Waals surface area contributed by atoms with Crippen LogP contribution in [0.1, 0.15) is 12.5 Å². The maximum absolute atomic E-state index is 11.0. The van der Waals surface area contributed by atoms with Crippen molar-refractivity contribution in [3.05, 3.63) is 52.1 Å². The largest absolute Gasteiger partial charge is 0.395 e. The summed E-state index contributed by atoms with van der Waals surface area (Å²) in [6.45, 7) is 2.11. The fourth-order valence-electron chi connectivity index (χ4n) is 2.78. The van der Waals surface area contributed by atoms with Crippen molar-refractivity contribution < 1.29 is 10.0 Å². The molecule has 0 aliphatic heterocycles. The fourth-order valence-corrected chi connectivity index (χ4v) is 2.78. The Balaban J connectivity index is 2.41. The number of non-ortho nitro benzene ring substituents is 1. The van der Waals surface area contributed by atoms with Crippen LogP contribution in [0.3, 0.4) is 0 Å². The van der Waals surface area contributed by atoms with Gasteiger partial charge in [-0.05, 0) is 30.7 Å². The van der Waals surface area contributed by atoms with Gasteiger partial charge in [-0.1, -0.05) is 6.07 Å². The maximum atomic E-state index is 11.0. The van der Waals surface area contributed by atoms with Crippen molar-refractivity contribution in [1.82, 2.24) is 4.57 Å². The smallest absolute Gasteiger partial charge is 0.270 e. The minimum atomic E-state index is -0.416. The molecule has 2 aromatic carbocycles. The van der Waals surface area contributed by atoms with Crippen LogP contribution >= 0.6 is 0 Å². The fraction of sp³-hybridized carbons (Fsp3) is 0.188. The number of hydrogen-bond acceptors (Lipinski definition) is 4. The van der Waals surface area contributed by atoms with Gasteiger partial charge in [0.1, 0.15) is 0 Å². The van der Waals surface area contributed by atoms with E-state index in [1.165, 1.54) is 6.07 Å². The zero-order valence-corrected chi connectivity index (χ0v) is 12.0. The molecule has 0 aliphatic rings. The third-order valence-electron chi connectivity index (χ3n) is 3.82. The molecule has 2 N–H and O–H groups in total. The third-order valence-corrected chi connectivity index (χ3v) is 3.82. The Morgan fingerprint density at radius 3 is 2.45 bits per heavy atom. The number of rotatable bonds is 4. The molecular weight excluding hydrogens is 282 g/mol. The molecule has 3 rings (SSSR count). The summed E-state index contributed by atoms with van der Waals surface area (Å²) >= 11 is 0. The van der Waals surface area contributed by atoms with E-state index in [-0.39, 0.29) is 12.3 Å². The molecular formula is C16H15N3O3. The third kappa shape index (κ3) is 2.14. The Kier molecular flexibility index (Phi) is 3.38. The van der Waals surface area contributed by atoms with Crippen LogP contribution in [0.5, 0.6) is 0 Å². The van der Waals surface area contributed by atoms with Gasteiger partial charge in [-0.2, -0.15) is 0 Å². The molecule has 22 heavy (non-hydrogen) atoms. The summed E-state index contributed by atoms with van der Waals surface area (Å²) < 4.78 is 1.94. The number of aliphatic hydroxyl groups excluding tert-OH is 1. The van der Waals surface area contributed by atoms with Crippen molar-refractivity contribution in [2.45, 2.75) is 13.5 Å². The normalized spacial score (nSPS) is 11.2. The summed E-state index contributed by atoms with van der Waals surface area (Å²) in [6, 6.07) is 10.3. The molecule has 6 heteroatoms. The maximum Gasteiger partial charge on any atom is 0.270 e. The lowest BCUT2D eigenvalue weighted by Gasteiger charge is -2.05. The standard InChI is InChI=1S/C16H15N3O3/c1-10(17)11-2-4-15-13(8-11)14-9-12(19(21)22)3-5-16(14)18(15)6-7-20/h2-5,8-9,17,20H,6-7H2,1H3. The van der Waals surface area contributed by atoms with Gasteiger partial charge in [0.25, 0.3) is 5.69 Å². The number of nitrogens with one attached hydrogen (secondary N) is 1. The van der Waals surface area contributed by atoms with Gasteiger partial charge in [0.05, 0.1) is 11.5 Å². The SMILES string of the molecule is CC(=N)c1ccc2c(c1)c1cc([N+](=O)[O-])ccc1n2CCO. The van der Waals surface area contributed by atoms with Crippen molar-refractivity contribution in [3.63, 3.8) is 0 Å². The Hall–Kier alpha value is -2.73. The number of hydrogen-bond donors (Lipinski definition) is 2. The minimum absolute atomic E-state index is 0.0127. The average molecular weight is 297 g/mol. The predicted octanol–water partition coefficient (Wildman–Crippen LogP) is 3.08. The van der Waals surface area contributed by atoms with Crippen LogP contribution < -0.4 is 0 Å². The van der Waals surface area contributed by atoms with Crippen LogP contribution in [0.25, 0.3) is 21.8 Å². The molecule has 1 aromatic heterocycles. The van der Waals surface area contributed by atoms with Crippen molar-refractivity contribution in [1.29, 1.82) is 5.41 Å². The first-order valence-electron chi connectivity index (χ1n) is 6.89. The molecule has 0 unspecified atom stereocenters. The average Bonchev–Trinajstić information content (AvgIpc) is 2.81. The summed E-state index contributed by atoms with van der Waals surface area (Å²) in [5.41, 5.74) is 2.99. The van der Waals surface area contributed by atoms with E-state index in [2.05, 4.69) is 0 Å². The van der Waals surface area contributed by atoms with Gasteiger partial charge in [0.15, 0.2) is 0 Å². The molecule has 0 saturated carbocycles. The van der Waals surface area contributed by atoms with Gasteiger partial charge >= 0.3 is 0 Å². The summed E-state index contributed by atoms with van der Waals surface area (Å²) in [7, 11) is 0. The van der Waals surface area contributed by atoms with Crippen LogP contribution in [-0.2, 0) is 6.54 Å². The number of aliphatic hydroxyl groups is 1. The molecule has 6 nitrogen and oxygen atoms in total. The van der Waals surface area contributed by atoms with Crippen molar-refractivity contribution in [3.8, 4) is 0 Å². The first-order chi connectivity index (χ1) is 10.5. The summed E-state index contributed by atoms with van der Waals surface area (Å²) in [5.74, 6) is 0. The number of aromatic nitrogens is 1. The van der Waals surface area contributed by atoms with Crippen molar-refractivity contribution >= 4 is 33.2 Å². The van der Waals surface area contributed by atoms with Crippen molar-refractivity contribution in [2.75, 3.05) is 6.61 Å². The highest BCUT2D eigenvalue weighted by Gasteiger charge is 2.15. The zero-order valence-electron chi connectivity index (χ0n) is 12.0. The van der Waals surface area contributed by atoms with Crippen molar-refractivity contribution in [2.24, 2.45) is 0 Å². The Labute approximate surface area is 126 Å². The monoisotopic (exact) mass is 297 g/mol. The molecule has 0 fully saturated rings. The highest BCUT2D eigenvalue weighted by molar-refractivity contribution is 6.11. The van der Waals surface area contributed by atoms with Gasteiger partial charge in [0, 0.05) is 46.2 Å². The van der Waals surface area contributed by atoms with Crippen LogP contribution in [0.2, 0.25) is 0 Å². The van der Waals surface area contributed by atoms with Crippen LogP contribution in [-0.4, -0.2) is 26.9 Å². The molecule has 3 aromatic rings. The lowest BCUT2D eigenvalue weighted by Crippen LogP contribution is -2.01. The second-order valence-electron chi connectivity index (χ2n) is 5.19. The second-order valence-corrected chi connectivity index (χ2v) is 5.19. The second kappa shape index (κ2) is 5.23. The molecule has 0 aliphatic carbocycles. The number of nitro benzene ring substituents is 1. The van der Waals surface area contributed by atoms with Gasteiger partial charge in [-0.15, -0.1) is 0 Å². The first kappa shape index (κ1) is 14.2. The first-order valence-corrected chi connectivity index (χ1v) is 6.89. The molecule has 0 amide bonds. The van der Waals surface area contributed by atoms with Gasteiger partial charge in [-0.25, -0.2) is 0 Å². The van der Waals surface area contributed by atoms with Crippen LogP contribution in [0, 0.1) is 15.5 Å². The van der Waals surface area contributed by atoms with E-state index >= 15 is 0 Å². The predicted molar refractivity (Wildman–Crippen MR) is 85.7 cm³/mol. The molecule has 1 heterocycles. The number of nitro groups is 1. The molecule has 0 bridgehead atoms.